The first-order valence-electron chi connectivity index (χ1n) is 8.69. The van der Waals surface area contributed by atoms with Gasteiger partial charge in [0, 0.05) is 18.8 Å². The lowest BCUT2D eigenvalue weighted by molar-refractivity contribution is -0.149. The molecular weight excluding hydrogens is 340 g/mol. The molecule has 1 aliphatic heterocycles. The molecule has 1 saturated carbocycles. The average Bonchev–Trinajstić information content (AvgIpc) is 3.08. The summed E-state index contributed by atoms with van der Waals surface area (Å²) < 4.78 is 0. The number of carbonyl (C=O) groups excluding carboxylic acids is 1. The van der Waals surface area contributed by atoms with Crippen molar-refractivity contribution in [2.75, 3.05) is 18.4 Å². The normalized spacial score (nSPS) is 26.6. The SMILES string of the molecule is Cc1cccc(C)c1NC(=O)C(C)N1C[C@@H]2CCC[C@@]2(C(=O)O)C1.Cl. The van der Waals surface area contributed by atoms with Crippen LogP contribution in [0.3, 0.4) is 0 Å². The third kappa shape index (κ3) is 3.40. The Kier molecular flexibility index (Phi) is 5.79. The summed E-state index contributed by atoms with van der Waals surface area (Å²) in [6.45, 7) is 7.02. The summed E-state index contributed by atoms with van der Waals surface area (Å²) in [5.74, 6) is -0.590. The zero-order chi connectivity index (χ0) is 17.5. The molecule has 0 radical (unpaired) electrons. The molecule has 6 heteroatoms. The number of amides is 1. The van der Waals surface area contributed by atoms with Gasteiger partial charge < -0.3 is 10.4 Å². The highest BCUT2D eigenvalue weighted by Crippen LogP contribution is 2.49. The number of nitrogens with one attached hydrogen (secondary N) is 1. The molecule has 2 N–H and O–H groups in total. The lowest BCUT2D eigenvalue weighted by atomic mass is 9.81. The second-order valence-electron chi connectivity index (χ2n) is 7.41. The maximum atomic E-state index is 12.7. The van der Waals surface area contributed by atoms with Gasteiger partial charge in [0.05, 0.1) is 11.5 Å². The summed E-state index contributed by atoms with van der Waals surface area (Å²) in [4.78, 5) is 26.5. The van der Waals surface area contributed by atoms with Crippen LogP contribution in [0.2, 0.25) is 0 Å². The van der Waals surface area contributed by atoms with Crippen LogP contribution in [-0.4, -0.2) is 41.0 Å². The van der Waals surface area contributed by atoms with Gasteiger partial charge in [-0.15, -0.1) is 12.4 Å². The smallest absolute Gasteiger partial charge is 0.311 e. The highest BCUT2D eigenvalue weighted by molar-refractivity contribution is 5.96. The van der Waals surface area contributed by atoms with Crippen molar-refractivity contribution in [3.8, 4) is 0 Å². The lowest BCUT2D eigenvalue weighted by Crippen LogP contribution is -2.43. The Balaban J connectivity index is 0.00000225. The van der Waals surface area contributed by atoms with Gasteiger partial charge in [-0.1, -0.05) is 24.6 Å². The van der Waals surface area contributed by atoms with Gasteiger partial charge in [0.1, 0.15) is 0 Å². The highest BCUT2D eigenvalue weighted by Gasteiger charge is 2.55. The summed E-state index contributed by atoms with van der Waals surface area (Å²) >= 11 is 0. The van der Waals surface area contributed by atoms with E-state index in [-0.39, 0.29) is 30.3 Å². The molecule has 25 heavy (non-hydrogen) atoms. The molecule has 0 spiro atoms. The number of para-hydroxylation sites is 1. The van der Waals surface area contributed by atoms with Crippen LogP contribution in [0.5, 0.6) is 0 Å². The van der Waals surface area contributed by atoms with Crippen LogP contribution in [0.25, 0.3) is 0 Å². The van der Waals surface area contributed by atoms with E-state index in [1.54, 1.807) is 0 Å². The Morgan fingerprint density at radius 1 is 1.32 bits per heavy atom. The summed E-state index contributed by atoms with van der Waals surface area (Å²) in [5, 5.41) is 12.7. The molecule has 1 heterocycles. The highest BCUT2D eigenvalue weighted by atomic mass is 35.5. The molecule has 1 aromatic carbocycles. The molecule has 1 amide bonds. The van der Waals surface area contributed by atoms with Crippen LogP contribution < -0.4 is 5.32 Å². The van der Waals surface area contributed by atoms with Crippen molar-refractivity contribution < 1.29 is 14.7 Å². The molecule has 2 aliphatic rings. The van der Waals surface area contributed by atoms with Crippen LogP contribution in [0.15, 0.2) is 18.2 Å². The quantitative estimate of drug-likeness (QED) is 0.858. The third-order valence-corrected chi connectivity index (χ3v) is 5.98. The molecule has 1 aliphatic carbocycles. The Labute approximate surface area is 155 Å². The molecule has 3 rings (SSSR count). The van der Waals surface area contributed by atoms with Gasteiger partial charge in [0.25, 0.3) is 0 Å². The lowest BCUT2D eigenvalue weighted by Gasteiger charge is -2.27. The molecular formula is C19H27ClN2O3. The van der Waals surface area contributed by atoms with Gasteiger partial charge >= 0.3 is 5.97 Å². The van der Waals surface area contributed by atoms with Crippen molar-refractivity contribution in [2.24, 2.45) is 11.3 Å². The number of aliphatic carboxylic acids is 1. The monoisotopic (exact) mass is 366 g/mol. The second kappa shape index (κ2) is 7.34. The Bertz CT molecular complexity index is 658. The number of hydrogen-bond donors (Lipinski definition) is 2. The largest absolute Gasteiger partial charge is 0.481 e. The summed E-state index contributed by atoms with van der Waals surface area (Å²) in [6.07, 6.45) is 2.66. The molecule has 0 aromatic heterocycles. The van der Waals surface area contributed by atoms with E-state index in [0.717, 1.165) is 36.1 Å². The minimum Gasteiger partial charge on any atom is -0.481 e. The van der Waals surface area contributed by atoms with Crippen LogP contribution in [0.1, 0.15) is 37.3 Å². The van der Waals surface area contributed by atoms with E-state index in [1.807, 2.05) is 43.9 Å². The molecule has 2 fully saturated rings. The number of carboxylic acids is 1. The summed E-state index contributed by atoms with van der Waals surface area (Å²) in [5.41, 5.74) is 2.29. The Morgan fingerprint density at radius 3 is 2.52 bits per heavy atom. The van der Waals surface area contributed by atoms with Crippen molar-refractivity contribution in [3.63, 3.8) is 0 Å². The molecule has 0 bridgehead atoms. The first kappa shape index (κ1) is 19.7. The van der Waals surface area contributed by atoms with Gasteiger partial charge in [-0.25, -0.2) is 0 Å². The minimum atomic E-state index is -0.699. The van der Waals surface area contributed by atoms with Crippen molar-refractivity contribution in [1.82, 2.24) is 4.90 Å². The van der Waals surface area contributed by atoms with Crippen molar-refractivity contribution >= 4 is 30.0 Å². The van der Waals surface area contributed by atoms with Crippen LogP contribution >= 0.6 is 12.4 Å². The van der Waals surface area contributed by atoms with E-state index >= 15 is 0 Å². The standard InChI is InChI=1S/C19H26N2O3.ClH/c1-12-6-4-7-13(2)16(12)20-17(22)14(3)21-10-15-8-5-9-19(15,11-21)18(23)24;/h4,6-7,14-15H,5,8-11H2,1-3H3,(H,20,22)(H,23,24);1H/t14?,15-,19+;/m0./s1. The number of carboxylic acid groups (broad SMARTS) is 1. The first-order valence-corrected chi connectivity index (χ1v) is 8.69. The number of aryl methyl sites for hydroxylation is 2. The van der Waals surface area contributed by atoms with Gasteiger partial charge in [0.2, 0.25) is 5.91 Å². The first-order chi connectivity index (χ1) is 11.3. The number of nitrogens with zero attached hydrogens (tertiary/aromatic N) is 1. The molecule has 3 atom stereocenters. The Hall–Kier alpha value is -1.59. The van der Waals surface area contributed by atoms with E-state index in [2.05, 4.69) is 5.32 Å². The molecule has 1 unspecified atom stereocenters. The van der Waals surface area contributed by atoms with E-state index in [0.29, 0.717) is 13.1 Å². The number of rotatable bonds is 4. The van der Waals surface area contributed by atoms with Crippen LogP contribution in [-0.2, 0) is 9.59 Å². The average molecular weight is 367 g/mol. The molecule has 1 saturated heterocycles. The van der Waals surface area contributed by atoms with Gasteiger partial charge in [-0.05, 0) is 50.7 Å². The number of fused-ring (bicyclic) bond motifs is 1. The number of carbonyl (C=O) groups is 2. The zero-order valence-electron chi connectivity index (χ0n) is 15.0. The third-order valence-electron chi connectivity index (χ3n) is 5.98. The topological polar surface area (TPSA) is 69.6 Å². The van der Waals surface area contributed by atoms with E-state index in [4.69, 9.17) is 0 Å². The fourth-order valence-corrected chi connectivity index (χ4v) is 4.38. The van der Waals surface area contributed by atoms with Gasteiger partial charge in [-0.2, -0.15) is 0 Å². The predicted molar refractivity (Wildman–Crippen MR) is 100 cm³/mol. The molecule has 5 nitrogen and oxygen atoms in total. The van der Waals surface area contributed by atoms with Crippen LogP contribution in [0.4, 0.5) is 5.69 Å². The van der Waals surface area contributed by atoms with Crippen molar-refractivity contribution in [3.05, 3.63) is 29.3 Å². The zero-order valence-corrected chi connectivity index (χ0v) is 15.9. The fraction of sp³-hybridized carbons (Fsp3) is 0.579. The van der Waals surface area contributed by atoms with Gasteiger partial charge in [0.15, 0.2) is 0 Å². The number of halogens is 1. The minimum absolute atomic E-state index is 0. The molecule has 1 aromatic rings. The maximum Gasteiger partial charge on any atom is 0.311 e. The summed E-state index contributed by atoms with van der Waals surface area (Å²) in [7, 11) is 0. The Morgan fingerprint density at radius 2 is 1.96 bits per heavy atom. The van der Waals surface area contributed by atoms with E-state index in [9.17, 15) is 14.7 Å². The predicted octanol–water partition coefficient (Wildman–Crippen LogP) is 3.24. The summed E-state index contributed by atoms with van der Waals surface area (Å²) in [6, 6.07) is 5.60. The number of benzene rings is 1. The molecule has 138 valence electrons. The number of likely N-dealkylation sites (tertiary alicyclic amines) is 1. The number of hydrogen-bond acceptors (Lipinski definition) is 3. The van der Waals surface area contributed by atoms with Crippen molar-refractivity contribution in [1.29, 1.82) is 0 Å². The number of anilines is 1. The second-order valence-corrected chi connectivity index (χ2v) is 7.41. The van der Waals surface area contributed by atoms with E-state index < -0.39 is 11.4 Å². The van der Waals surface area contributed by atoms with Crippen molar-refractivity contribution in [2.45, 2.75) is 46.1 Å². The fourth-order valence-electron chi connectivity index (χ4n) is 4.38. The van der Waals surface area contributed by atoms with Gasteiger partial charge in [-0.3, -0.25) is 14.5 Å². The van der Waals surface area contributed by atoms with Crippen LogP contribution in [0, 0.1) is 25.2 Å². The van der Waals surface area contributed by atoms with E-state index in [1.165, 1.54) is 0 Å². The maximum absolute atomic E-state index is 12.7.